The third-order valence-electron chi connectivity index (χ3n) is 4.56. The molecular weight excluding hydrogens is 292 g/mol. The molecule has 114 valence electrons. The average molecular weight is 312 g/mol. The molecule has 0 spiro atoms. The number of para-hydroxylation sites is 1. The molecule has 4 rings (SSSR count). The molecule has 0 amide bonds. The van der Waals surface area contributed by atoms with Crippen LogP contribution in [0.3, 0.4) is 0 Å². The predicted molar refractivity (Wildman–Crippen MR) is 91.2 cm³/mol. The number of methoxy groups -OCH3 is 1. The Morgan fingerprint density at radius 1 is 1.14 bits per heavy atom. The summed E-state index contributed by atoms with van der Waals surface area (Å²) in [7, 11) is 1.70. The zero-order valence-electron chi connectivity index (χ0n) is 12.6. The van der Waals surface area contributed by atoms with Crippen LogP contribution < -0.4 is 15.4 Å². The Labute approximate surface area is 135 Å². The van der Waals surface area contributed by atoms with E-state index in [1.165, 1.54) is 27.5 Å². The molecule has 3 nitrogen and oxygen atoms in total. The number of ether oxygens (including phenoxy) is 1. The van der Waals surface area contributed by atoms with Crippen LogP contribution in [-0.4, -0.2) is 26.2 Å². The highest BCUT2D eigenvalue weighted by Gasteiger charge is 2.34. The highest BCUT2D eigenvalue weighted by Crippen LogP contribution is 2.45. The van der Waals surface area contributed by atoms with Gasteiger partial charge in [-0.2, -0.15) is 0 Å². The van der Waals surface area contributed by atoms with E-state index in [9.17, 15) is 0 Å². The van der Waals surface area contributed by atoms with E-state index < -0.39 is 0 Å². The minimum atomic E-state index is 0.592. The smallest absolute Gasteiger partial charge is 0.118 e. The maximum atomic E-state index is 5.23. The SMILES string of the molecule is COc1ccc(Sc2cccc3c2N[C@H]2CCNC[C@@H]32)cc1. The summed E-state index contributed by atoms with van der Waals surface area (Å²) in [6.07, 6.45) is 1.20. The lowest BCUT2D eigenvalue weighted by Crippen LogP contribution is -2.38. The van der Waals surface area contributed by atoms with Gasteiger partial charge >= 0.3 is 0 Å². The molecule has 2 aliphatic heterocycles. The molecule has 2 aromatic carbocycles. The molecule has 1 fully saturated rings. The van der Waals surface area contributed by atoms with Gasteiger partial charge in [-0.3, -0.25) is 0 Å². The first-order valence-corrected chi connectivity index (χ1v) is 8.59. The number of hydrogen-bond acceptors (Lipinski definition) is 4. The molecule has 2 aliphatic rings. The largest absolute Gasteiger partial charge is 0.497 e. The lowest BCUT2D eigenvalue weighted by Gasteiger charge is -2.26. The summed E-state index contributed by atoms with van der Waals surface area (Å²) in [4.78, 5) is 2.56. The summed E-state index contributed by atoms with van der Waals surface area (Å²) < 4.78 is 5.23. The molecule has 22 heavy (non-hydrogen) atoms. The van der Waals surface area contributed by atoms with Gasteiger partial charge in [0.15, 0.2) is 0 Å². The van der Waals surface area contributed by atoms with Crippen molar-refractivity contribution < 1.29 is 4.74 Å². The van der Waals surface area contributed by atoms with Gasteiger partial charge in [0.1, 0.15) is 5.75 Å². The summed E-state index contributed by atoms with van der Waals surface area (Å²) in [5, 5.41) is 7.28. The second-order valence-corrected chi connectivity index (χ2v) is 6.96. The standard InChI is InChI=1S/C18H20N2OS/c1-21-12-5-7-13(8-6-12)22-17-4-2-3-14-15-11-19-10-9-16(15)20-18(14)17/h2-8,15-16,19-20H,9-11H2,1H3/t15-,16-/m0/s1. The van der Waals surface area contributed by atoms with Gasteiger partial charge in [-0.25, -0.2) is 0 Å². The number of hydrogen-bond donors (Lipinski definition) is 2. The number of rotatable bonds is 3. The van der Waals surface area contributed by atoms with Crippen LogP contribution in [0.2, 0.25) is 0 Å². The normalized spacial score (nSPS) is 22.6. The molecule has 2 N–H and O–H groups in total. The third kappa shape index (κ3) is 2.46. The molecule has 2 heterocycles. The van der Waals surface area contributed by atoms with Crippen LogP contribution >= 0.6 is 11.8 Å². The molecule has 1 saturated heterocycles. The van der Waals surface area contributed by atoms with Crippen LogP contribution in [0.1, 0.15) is 17.9 Å². The van der Waals surface area contributed by atoms with Gasteiger partial charge in [0.2, 0.25) is 0 Å². The van der Waals surface area contributed by atoms with Crippen molar-refractivity contribution in [1.29, 1.82) is 0 Å². The Balaban J connectivity index is 1.62. The van der Waals surface area contributed by atoms with Crippen LogP contribution in [0.15, 0.2) is 52.3 Å². The lowest BCUT2D eigenvalue weighted by molar-refractivity contribution is 0.414. The maximum absolute atomic E-state index is 5.23. The highest BCUT2D eigenvalue weighted by molar-refractivity contribution is 7.99. The Kier molecular flexibility index (Phi) is 3.72. The quantitative estimate of drug-likeness (QED) is 0.905. The van der Waals surface area contributed by atoms with E-state index in [2.05, 4.69) is 41.0 Å². The van der Waals surface area contributed by atoms with Gasteiger partial charge in [0, 0.05) is 28.3 Å². The van der Waals surface area contributed by atoms with Crippen LogP contribution in [0, 0.1) is 0 Å². The number of piperidine rings is 1. The highest BCUT2D eigenvalue weighted by atomic mass is 32.2. The summed E-state index contributed by atoms with van der Waals surface area (Å²) in [5.41, 5.74) is 2.80. The molecular formula is C18H20N2OS. The minimum absolute atomic E-state index is 0.592. The lowest BCUT2D eigenvalue weighted by atomic mass is 9.91. The zero-order chi connectivity index (χ0) is 14.9. The van der Waals surface area contributed by atoms with Crippen molar-refractivity contribution >= 4 is 17.4 Å². The zero-order valence-corrected chi connectivity index (χ0v) is 13.5. The van der Waals surface area contributed by atoms with Crippen molar-refractivity contribution in [3.63, 3.8) is 0 Å². The predicted octanol–water partition coefficient (Wildman–Crippen LogP) is 3.72. The van der Waals surface area contributed by atoms with E-state index in [0.717, 1.165) is 18.8 Å². The molecule has 2 atom stereocenters. The van der Waals surface area contributed by atoms with Crippen molar-refractivity contribution in [3.8, 4) is 5.75 Å². The van der Waals surface area contributed by atoms with Crippen molar-refractivity contribution in [2.75, 3.05) is 25.5 Å². The summed E-state index contributed by atoms with van der Waals surface area (Å²) in [5.74, 6) is 1.51. The monoisotopic (exact) mass is 312 g/mol. The number of benzene rings is 2. The van der Waals surface area contributed by atoms with Crippen molar-refractivity contribution in [2.24, 2.45) is 0 Å². The summed E-state index contributed by atoms with van der Waals surface area (Å²) in [6.45, 7) is 2.20. The van der Waals surface area contributed by atoms with Crippen molar-refractivity contribution in [1.82, 2.24) is 5.32 Å². The van der Waals surface area contributed by atoms with Gasteiger partial charge in [-0.05, 0) is 48.9 Å². The van der Waals surface area contributed by atoms with Crippen LogP contribution in [0.4, 0.5) is 5.69 Å². The average Bonchev–Trinajstić information content (AvgIpc) is 2.95. The van der Waals surface area contributed by atoms with Gasteiger partial charge in [0.05, 0.1) is 12.8 Å². The van der Waals surface area contributed by atoms with Crippen LogP contribution in [0.5, 0.6) is 5.75 Å². The molecule has 4 heteroatoms. The van der Waals surface area contributed by atoms with Gasteiger partial charge < -0.3 is 15.4 Å². The maximum Gasteiger partial charge on any atom is 0.118 e. The Hall–Kier alpha value is -1.65. The van der Waals surface area contributed by atoms with Crippen LogP contribution in [0.25, 0.3) is 0 Å². The van der Waals surface area contributed by atoms with E-state index in [1.54, 1.807) is 7.11 Å². The first-order valence-electron chi connectivity index (χ1n) is 7.77. The fourth-order valence-corrected chi connectivity index (χ4v) is 4.36. The topological polar surface area (TPSA) is 33.3 Å². The molecule has 0 radical (unpaired) electrons. The van der Waals surface area contributed by atoms with Crippen LogP contribution in [-0.2, 0) is 0 Å². The van der Waals surface area contributed by atoms with Gasteiger partial charge in [0.25, 0.3) is 0 Å². The molecule has 2 aromatic rings. The number of anilines is 1. The first-order chi connectivity index (χ1) is 10.8. The van der Waals surface area contributed by atoms with E-state index in [1.807, 2.05) is 23.9 Å². The Morgan fingerprint density at radius 2 is 2.00 bits per heavy atom. The molecule has 0 aliphatic carbocycles. The third-order valence-corrected chi connectivity index (χ3v) is 5.62. The summed E-state index contributed by atoms with van der Waals surface area (Å²) in [6, 6.07) is 15.5. The first kappa shape index (κ1) is 14.0. The number of nitrogens with one attached hydrogen (secondary N) is 2. The van der Waals surface area contributed by atoms with E-state index in [-0.39, 0.29) is 0 Å². The fourth-order valence-electron chi connectivity index (χ4n) is 3.41. The fraction of sp³-hybridized carbons (Fsp3) is 0.333. The van der Waals surface area contributed by atoms with Gasteiger partial charge in [-0.1, -0.05) is 23.9 Å². The van der Waals surface area contributed by atoms with E-state index in [4.69, 9.17) is 4.74 Å². The molecule has 0 unspecified atom stereocenters. The van der Waals surface area contributed by atoms with Crippen molar-refractivity contribution in [3.05, 3.63) is 48.0 Å². The Morgan fingerprint density at radius 3 is 2.82 bits per heavy atom. The number of fused-ring (bicyclic) bond motifs is 3. The molecule has 0 aromatic heterocycles. The second kappa shape index (κ2) is 5.86. The summed E-state index contributed by atoms with van der Waals surface area (Å²) >= 11 is 1.82. The minimum Gasteiger partial charge on any atom is -0.497 e. The second-order valence-electron chi connectivity index (χ2n) is 5.85. The van der Waals surface area contributed by atoms with Crippen molar-refractivity contribution in [2.45, 2.75) is 28.2 Å². The van der Waals surface area contributed by atoms with E-state index in [0.29, 0.717) is 12.0 Å². The molecule has 0 saturated carbocycles. The van der Waals surface area contributed by atoms with Gasteiger partial charge in [-0.15, -0.1) is 0 Å². The van der Waals surface area contributed by atoms with E-state index >= 15 is 0 Å². The Bertz CT molecular complexity index is 671. The molecule has 0 bridgehead atoms.